The number of carbonyl (C=O) groups excluding carboxylic acids is 1. The van der Waals surface area contributed by atoms with Crippen LogP contribution in [0, 0.1) is 13.8 Å². The van der Waals surface area contributed by atoms with Crippen molar-refractivity contribution in [2.24, 2.45) is 0 Å². The number of hydrogen-bond acceptors (Lipinski definition) is 6. The van der Waals surface area contributed by atoms with Gasteiger partial charge in [0.2, 0.25) is 0 Å². The van der Waals surface area contributed by atoms with Crippen LogP contribution in [0.4, 0.5) is 0 Å². The van der Waals surface area contributed by atoms with Crippen molar-refractivity contribution < 1.29 is 14.3 Å². The lowest BCUT2D eigenvalue weighted by Crippen LogP contribution is -2.30. The zero-order chi connectivity index (χ0) is 25.1. The molecule has 0 spiro atoms. The van der Waals surface area contributed by atoms with Gasteiger partial charge in [0.15, 0.2) is 17.5 Å². The summed E-state index contributed by atoms with van der Waals surface area (Å²) in [7, 11) is 0. The molecule has 0 saturated heterocycles. The topological polar surface area (TPSA) is 87.7 Å². The summed E-state index contributed by atoms with van der Waals surface area (Å²) in [6.45, 7) is 7.64. The highest BCUT2D eigenvalue weighted by Gasteiger charge is 2.24. The Hall–Kier alpha value is -3.65. The van der Waals surface area contributed by atoms with Gasteiger partial charge in [-0.25, -0.2) is 14.5 Å². The third-order valence-corrected chi connectivity index (χ3v) is 5.80. The Morgan fingerprint density at radius 2 is 1.94 bits per heavy atom. The Balaban J connectivity index is 1.78. The number of ether oxygens (including phenoxy) is 2. The van der Waals surface area contributed by atoms with Crippen LogP contribution in [0.3, 0.4) is 0 Å². The molecule has 0 amide bonds. The second-order valence-electron chi connectivity index (χ2n) is 8.15. The fraction of sp³-hybridized carbons (Fsp3) is 0.308. The summed E-state index contributed by atoms with van der Waals surface area (Å²) in [4.78, 5) is 30.6. The number of rotatable bonds is 8. The van der Waals surface area contributed by atoms with Crippen molar-refractivity contribution in [1.29, 1.82) is 0 Å². The van der Waals surface area contributed by atoms with Crippen LogP contribution in [0.2, 0.25) is 5.02 Å². The van der Waals surface area contributed by atoms with E-state index in [1.54, 1.807) is 42.9 Å². The van der Waals surface area contributed by atoms with E-state index in [9.17, 15) is 9.59 Å². The van der Waals surface area contributed by atoms with Gasteiger partial charge in [-0.3, -0.25) is 9.20 Å². The monoisotopic (exact) mass is 494 g/mol. The van der Waals surface area contributed by atoms with E-state index in [-0.39, 0.29) is 12.2 Å². The molecule has 0 N–H and O–H groups in total. The highest BCUT2D eigenvalue weighted by atomic mass is 35.5. The van der Waals surface area contributed by atoms with Crippen LogP contribution in [0.5, 0.6) is 5.75 Å². The minimum absolute atomic E-state index is 0.263. The maximum atomic E-state index is 13.6. The number of pyridine rings is 1. The van der Waals surface area contributed by atoms with Crippen LogP contribution in [-0.2, 0) is 9.53 Å². The summed E-state index contributed by atoms with van der Waals surface area (Å²) in [6.07, 6.45) is 2.07. The number of benzene rings is 1. The lowest BCUT2D eigenvalue weighted by molar-refractivity contribution is -0.151. The quantitative estimate of drug-likeness (QED) is 0.323. The fourth-order valence-electron chi connectivity index (χ4n) is 3.97. The SMILES string of the molecule is CCCC(Oc1cccn2c(=O)c(-c3cc(C)n(-c4cccc(Cl)c4)n3)c(C)nc12)C(=O)OCC. The predicted octanol–water partition coefficient (Wildman–Crippen LogP) is 4.93. The average molecular weight is 495 g/mol. The minimum atomic E-state index is -0.779. The van der Waals surface area contributed by atoms with E-state index in [2.05, 4.69) is 10.1 Å². The van der Waals surface area contributed by atoms with Crippen LogP contribution in [0.15, 0.2) is 53.5 Å². The average Bonchev–Trinajstić information content (AvgIpc) is 3.20. The maximum Gasteiger partial charge on any atom is 0.347 e. The van der Waals surface area contributed by atoms with Gasteiger partial charge in [-0.15, -0.1) is 0 Å². The van der Waals surface area contributed by atoms with Crippen molar-refractivity contribution in [1.82, 2.24) is 19.2 Å². The molecule has 1 atom stereocenters. The third-order valence-electron chi connectivity index (χ3n) is 5.57. The predicted molar refractivity (Wildman–Crippen MR) is 134 cm³/mol. The van der Waals surface area contributed by atoms with E-state index in [1.807, 2.05) is 38.1 Å². The molecule has 1 unspecified atom stereocenters. The van der Waals surface area contributed by atoms with Gasteiger partial charge in [0.25, 0.3) is 5.56 Å². The molecule has 0 bridgehead atoms. The summed E-state index contributed by atoms with van der Waals surface area (Å²) >= 11 is 6.15. The Morgan fingerprint density at radius 1 is 1.14 bits per heavy atom. The third kappa shape index (κ3) is 4.93. The zero-order valence-electron chi connectivity index (χ0n) is 20.1. The van der Waals surface area contributed by atoms with Crippen molar-refractivity contribution in [3.8, 4) is 22.7 Å². The molecule has 0 aliphatic carbocycles. The minimum Gasteiger partial charge on any atom is -0.475 e. The Kier molecular flexibility index (Phi) is 7.21. The molecule has 3 heterocycles. The van der Waals surface area contributed by atoms with Gasteiger partial charge >= 0.3 is 5.97 Å². The molecule has 182 valence electrons. The van der Waals surface area contributed by atoms with Gasteiger partial charge in [0.05, 0.1) is 23.6 Å². The molecular formula is C26H27ClN4O4. The van der Waals surface area contributed by atoms with Gasteiger partial charge in [0, 0.05) is 16.9 Å². The molecule has 0 radical (unpaired) electrons. The molecule has 9 heteroatoms. The lowest BCUT2D eigenvalue weighted by atomic mass is 10.1. The van der Waals surface area contributed by atoms with Crippen molar-refractivity contribution >= 4 is 23.2 Å². The number of fused-ring (bicyclic) bond motifs is 1. The normalized spacial score (nSPS) is 12.0. The van der Waals surface area contributed by atoms with Gasteiger partial charge in [0.1, 0.15) is 5.69 Å². The van der Waals surface area contributed by atoms with Crippen LogP contribution in [-0.4, -0.2) is 37.8 Å². The standard InChI is InChI=1S/C26H27ClN4O4/c1-5-9-22(26(33)34-6-2)35-21-12-8-13-30-24(21)28-17(4)23(25(30)32)20-14-16(3)31(29-20)19-11-7-10-18(27)15-19/h7-8,10-15,22H,5-6,9H2,1-4H3. The van der Waals surface area contributed by atoms with Crippen molar-refractivity contribution in [2.45, 2.75) is 46.6 Å². The summed E-state index contributed by atoms with van der Waals surface area (Å²) in [5, 5.41) is 5.27. The molecule has 1 aromatic carbocycles. The van der Waals surface area contributed by atoms with Crippen LogP contribution in [0.25, 0.3) is 22.6 Å². The molecule has 35 heavy (non-hydrogen) atoms. The summed E-state index contributed by atoms with van der Waals surface area (Å²) < 4.78 is 14.3. The first-order chi connectivity index (χ1) is 16.8. The first-order valence-electron chi connectivity index (χ1n) is 11.5. The smallest absolute Gasteiger partial charge is 0.347 e. The van der Waals surface area contributed by atoms with Gasteiger partial charge < -0.3 is 9.47 Å². The maximum absolute atomic E-state index is 13.6. The van der Waals surface area contributed by atoms with E-state index < -0.39 is 12.1 Å². The highest BCUT2D eigenvalue weighted by Crippen LogP contribution is 2.25. The molecule has 0 saturated carbocycles. The van der Waals surface area contributed by atoms with Gasteiger partial charge in [-0.1, -0.05) is 31.0 Å². The number of carbonyl (C=O) groups is 1. The number of nitrogens with zero attached hydrogens (tertiary/aromatic N) is 4. The van der Waals surface area contributed by atoms with Gasteiger partial charge in [-0.2, -0.15) is 5.10 Å². The van der Waals surface area contributed by atoms with Crippen LogP contribution in [0.1, 0.15) is 38.1 Å². The van der Waals surface area contributed by atoms with E-state index in [4.69, 9.17) is 21.1 Å². The second-order valence-corrected chi connectivity index (χ2v) is 8.59. The Bertz CT molecular complexity index is 1440. The molecule has 8 nitrogen and oxygen atoms in total. The fourth-order valence-corrected chi connectivity index (χ4v) is 4.16. The summed E-state index contributed by atoms with van der Waals surface area (Å²) in [6, 6.07) is 12.6. The lowest BCUT2D eigenvalue weighted by Gasteiger charge is -2.18. The van der Waals surface area contributed by atoms with E-state index in [0.29, 0.717) is 39.8 Å². The van der Waals surface area contributed by atoms with E-state index in [1.165, 1.54) is 4.40 Å². The number of aromatic nitrogens is 4. The highest BCUT2D eigenvalue weighted by molar-refractivity contribution is 6.30. The second kappa shape index (κ2) is 10.3. The van der Waals surface area contributed by atoms with Crippen LogP contribution < -0.4 is 10.3 Å². The molecular weight excluding hydrogens is 468 g/mol. The number of halogens is 1. The molecule has 0 aliphatic rings. The Morgan fingerprint density at radius 3 is 2.66 bits per heavy atom. The zero-order valence-corrected chi connectivity index (χ0v) is 20.9. The molecule has 3 aromatic heterocycles. The van der Waals surface area contributed by atoms with Gasteiger partial charge in [-0.05, 0) is 63.6 Å². The molecule has 0 aliphatic heterocycles. The first-order valence-corrected chi connectivity index (χ1v) is 11.9. The molecule has 4 rings (SSSR count). The Labute approximate surface area is 208 Å². The largest absolute Gasteiger partial charge is 0.475 e. The first kappa shape index (κ1) is 24.5. The van der Waals surface area contributed by atoms with Crippen molar-refractivity contribution in [3.63, 3.8) is 0 Å². The number of esters is 1. The van der Waals surface area contributed by atoms with Crippen molar-refractivity contribution in [2.75, 3.05) is 6.61 Å². The molecule has 0 fully saturated rings. The summed E-state index contributed by atoms with van der Waals surface area (Å²) in [5.41, 5.74) is 3.09. The number of hydrogen-bond donors (Lipinski definition) is 0. The van der Waals surface area contributed by atoms with E-state index in [0.717, 1.165) is 17.8 Å². The summed E-state index contributed by atoms with van der Waals surface area (Å²) in [5.74, 6) is -0.0968. The van der Waals surface area contributed by atoms with E-state index >= 15 is 0 Å². The van der Waals surface area contributed by atoms with Crippen molar-refractivity contribution in [3.05, 3.63) is 75.4 Å². The number of aryl methyl sites for hydroxylation is 2. The molecule has 4 aromatic rings. The van der Waals surface area contributed by atoms with Crippen LogP contribution >= 0.6 is 11.6 Å².